The lowest BCUT2D eigenvalue weighted by molar-refractivity contribution is -0.140. The zero-order valence-electron chi connectivity index (χ0n) is 59.0. The fraction of sp³-hybridized carbons (Fsp3) is 0.671. The first-order valence-corrected chi connectivity index (χ1v) is 38.6. The molecule has 0 aromatic heterocycles. The lowest BCUT2D eigenvalue weighted by Gasteiger charge is -2.34. The highest BCUT2D eigenvalue weighted by Gasteiger charge is 2.49. The summed E-state index contributed by atoms with van der Waals surface area (Å²) < 4.78 is 5.60. The molecule has 0 spiro atoms. The Hall–Kier alpha value is -8.31. The van der Waals surface area contributed by atoms with Gasteiger partial charge in [0.15, 0.2) is 5.96 Å². The van der Waals surface area contributed by atoms with Crippen molar-refractivity contribution in [2.24, 2.45) is 40.1 Å². The number of alkyl carbamates (subject to hydrolysis) is 1. The van der Waals surface area contributed by atoms with Crippen molar-refractivity contribution in [2.45, 2.75) is 210 Å². The number of amides is 12. The Balaban J connectivity index is 1.04. The maximum atomic E-state index is 14.7. The van der Waals surface area contributed by atoms with Gasteiger partial charge in [-0.15, -0.1) is 11.8 Å². The number of fused-ring (bicyclic) bond motifs is 1. The minimum Gasteiger partial charge on any atom is -0.449 e. The molecule has 562 valence electrons. The van der Waals surface area contributed by atoms with Gasteiger partial charge in [0.1, 0.15) is 54.4 Å². The van der Waals surface area contributed by atoms with Gasteiger partial charge in [-0.25, -0.2) is 4.79 Å². The predicted molar refractivity (Wildman–Crippen MR) is 385 cm³/mol. The second-order valence-electron chi connectivity index (χ2n) is 27.3. The highest BCUT2D eigenvalue weighted by atomic mass is 33.1. The first kappa shape index (κ1) is 81.0. The molecule has 13 atom stereocenters. The van der Waals surface area contributed by atoms with Crippen LogP contribution in [0.4, 0.5) is 4.79 Å². The first-order valence-electron chi connectivity index (χ1n) is 36.1. The lowest BCUT2D eigenvalue weighted by Crippen LogP contribution is -2.61. The van der Waals surface area contributed by atoms with Crippen molar-refractivity contribution in [1.29, 1.82) is 0 Å². The largest absolute Gasteiger partial charge is 0.449 e. The fourth-order valence-corrected chi connectivity index (χ4v) is 15.9. The van der Waals surface area contributed by atoms with Gasteiger partial charge in [0.2, 0.25) is 65.0 Å². The molecule has 4 saturated heterocycles. The summed E-state index contributed by atoms with van der Waals surface area (Å²) in [6.07, 6.45) is 8.83. The highest BCUT2D eigenvalue weighted by molar-refractivity contribution is 8.76. The zero-order valence-corrected chi connectivity index (χ0v) is 60.6. The standard InChI is InChI=1S/C70H106N16O14S2/c1-5-6-23-49(60(90)73-33-30-44-19-10-9-11-20-44)80-68(98)57-27-18-35-86(57)59(89)37-76-61(91)50(24-14-15-31-75-70(99)100-39-47-45-21-12-7-8-13-22-46(45)47)79-65(95)54-40-101-102-41-55(66(96)81-52(36-42(2)3)63(93)82-53(38-87)64(94)83-54)84-67(97)56-26-17-34-85(56)43(4)48(25-16-32-74-69(71)72)78-62(92)51-28-29-58(88)77-51/h9-11,19-20,42,45-57,87H,4-6,12-18,21-41H2,1-3H3,(H,73,90)(H,75,99)(H,76,91)(H,77,88)(H,78,92)(H,79,95)(H,80,98)(H,81,96)(H,82,93)(H,83,94)(H,84,97)(H4,71,72,74)/t45-,46+,47?,48-,49+,50-,51-,52-,53-,54-,55-,56-,57-/m0/s1. The van der Waals surface area contributed by atoms with Crippen LogP contribution >= 0.6 is 21.6 Å². The van der Waals surface area contributed by atoms with Gasteiger partial charge in [0.25, 0.3) is 0 Å². The average Bonchev–Trinajstić information content (AvgIpc) is 1.62. The number of likely N-dealkylation sites (tertiary alicyclic amines) is 2. The molecule has 7 rings (SSSR count). The summed E-state index contributed by atoms with van der Waals surface area (Å²) in [7, 11) is 2.11. The van der Waals surface area contributed by atoms with E-state index in [-0.39, 0.29) is 93.0 Å². The molecule has 1 aromatic rings. The molecular formula is C70H106N16O14S2. The number of ether oxygens (including phenoxy) is 1. The summed E-state index contributed by atoms with van der Waals surface area (Å²) in [6.45, 7) is 9.98. The molecule has 30 nitrogen and oxygen atoms in total. The summed E-state index contributed by atoms with van der Waals surface area (Å²) in [6, 6.07) is -1.56. The Bertz CT molecular complexity index is 3170. The molecule has 4 heterocycles. The summed E-state index contributed by atoms with van der Waals surface area (Å²) in [4.78, 5) is 174. The van der Waals surface area contributed by atoms with Crippen LogP contribution in [0.3, 0.4) is 0 Å². The second-order valence-corrected chi connectivity index (χ2v) is 29.9. The third-order valence-corrected chi connectivity index (χ3v) is 21.7. The van der Waals surface area contributed by atoms with E-state index in [9.17, 15) is 62.6 Å². The normalized spacial score (nSPS) is 24.4. The third-order valence-electron chi connectivity index (χ3n) is 19.3. The number of nitrogens with zero attached hydrogens (tertiary/aromatic N) is 3. The van der Waals surface area contributed by atoms with Crippen LogP contribution in [0.5, 0.6) is 0 Å². The number of carbonyl (C=O) groups excluding carboxylic acids is 12. The van der Waals surface area contributed by atoms with Crippen molar-refractivity contribution < 1.29 is 67.4 Å². The molecule has 5 fully saturated rings. The summed E-state index contributed by atoms with van der Waals surface area (Å²) in [5.41, 5.74) is 12.6. The topological polar surface area (TPSA) is 438 Å². The molecule has 16 N–H and O–H groups in total. The average molecular weight is 1460 g/mol. The summed E-state index contributed by atoms with van der Waals surface area (Å²) in [5, 5.41) is 41.0. The maximum Gasteiger partial charge on any atom is 0.407 e. The Kier molecular flexibility index (Phi) is 33.1. The minimum atomic E-state index is -1.64. The number of aliphatic hydroxyl groups excluding tert-OH is 1. The van der Waals surface area contributed by atoms with Crippen molar-refractivity contribution in [3.05, 3.63) is 48.2 Å². The van der Waals surface area contributed by atoms with Gasteiger partial charge in [-0.3, -0.25) is 57.7 Å². The van der Waals surface area contributed by atoms with E-state index < -0.39 is 133 Å². The van der Waals surface area contributed by atoms with E-state index in [0.717, 1.165) is 59.3 Å². The van der Waals surface area contributed by atoms with Crippen LogP contribution in [0.2, 0.25) is 0 Å². The van der Waals surface area contributed by atoms with Crippen molar-refractivity contribution >= 4 is 98.6 Å². The van der Waals surface area contributed by atoms with E-state index in [2.05, 4.69) is 81.9 Å². The molecule has 0 bridgehead atoms. The number of aliphatic imine (C=N–C) groups is 1. The van der Waals surface area contributed by atoms with E-state index in [1.54, 1.807) is 4.90 Å². The van der Waals surface area contributed by atoms with Crippen LogP contribution in [0, 0.1) is 35.5 Å². The van der Waals surface area contributed by atoms with Gasteiger partial charge >= 0.3 is 6.09 Å². The Labute approximate surface area is 605 Å². The van der Waals surface area contributed by atoms with Crippen molar-refractivity contribution in [3.63, 3.8) is 0 Å². The van der Waals surface area contributed by atoms with Gasteiger partial charge in [-0.2, -0.15) is 0 Å². The van der Waals surface area contributed by atoms with Crippen LogP contribution in [-0.4, -0.2) is 216 Å². The number of hydrogen-bond donors (Lipinski definition) is 14. The van der Waals surface area contributed by atoms with E-state index >= 15 is 0 Å². The molecule has 1 saturated carbocycles. The van der Waals surface area contributed by atoms with Crippen LogP contribution in [0.25, 0.3) is 0 Å². The molecule has 0 radical (unpaired) electrons. The highest BCUT2D eigenvalue weighted by Crippen LogP contribution is 2.52. The van der Waals surface area contributed by atoms with Crippen molar-refractivity contribution in [3.8, 4) is 11.8 Å². The lowest BCUT2D eigenvalue weighted by atomic mass is 10.0. The number of hydrogen-bond acceptors (Lipinski definition) is 18. The van der Waals surface area contributed by atoms with Crippen LogP contribution in [0.1, 0.15) is 148 Å². The summed E-state index contributed by atoms with van der Waals surface area (Å²) >= 11 is 0. The fourth-order valence-electron chi connectivity index (χ4n) is 13.6. The Morgan fingerprint density at radius 1 is 0.686 bits per heavy atom. The number of carbonyl (C=O) groups is 12. The van der Waals surface area contributed by atoms with Crippen molar-refractivity contribution in [2.75, 3.05) is 64.0 Å². The molecular weight excluding hydrogens is 1350 g/mol. The second kappa shape index (κ2) is 41.7. The van der Waals surface area contributed by atoms with E-state index in [1.807, 2.05) is 51.1 Å². The number of nitrogens with two attached hydrogens (primary N) is 2. The number of aliphatic hydroxyl groups is 1. The Morgan fingerprint density at radius 3 is 1.97 bits per heavy atom. The zero-order chi connectivity index (χ0) is 73.7. The number of unbranched alkanes of at least 4 members (excludes halogenated alkanes) is 2. The van der Waals surface area contributed by atoms with Gasteiger partial charge in [0, 0.05) is 69.2 Å². The van der Waals surface area contributed by atoms with Gasteiger partial charge < -0.3 is 89.6 Å². The van der Waals surface area contributed by atoms with Crippen molar-refractivity contribution in [1.82, 2.24) is 68.3 Å². The van der Waals surface area contributed by atoms with E-state index in [4.69, 9.17) is 16.2 Å². The number of guanidine groups is 1. The monoisotopic (exact) mass is 1460 g/mol. The maximum absolute atomic E-state index is 14.7. The van der Waals surface area contributed by atoms with Gasteiger partial charge in [-0.1, -0.05) is 92.1 Å². The SMILES string of the molecule is C=C([C@H](CCCN=C(N)N)NC(=O)[C@@H]1CCC(=O)N1)N1CCC[C@H]1C(=O)N[C@H]1CSSC[C@@H](C(=O)N[C@@H](CCCCNC(=O)OCC2[C@H]3CCC#CCC[C@@H]23)C(=O)NCC(=O)N2CCC[C@H]2C(=O)N[C@H](CCCC)C(=O)NCCc2ccccc2)NC(=O)[C@H](CO)NC(=O)[C@H](CC(C)C)NC1=O. The molecule has 102 heavy (non-hydrogen) atoms. The molecule has 32 heteroatoms. The molecule has 4 aliphatic heterocycles. The quantitative estimate of drug-likeness (QED) is 0.0143. The van der Waals surface area contributed by atoms with Crippen LogP contribution < -0.4 is 70.0 Å². The minimum absolute atomic E-state index is 0.0382. The molecule has 1 aromatic carbocycles. The van der Waals surface area contributed by atoms with Crippen LogP contribution in [0.15, 0.2) is 47.6 Å². The van der Waals surface area contributed by atoms with Gasteiger partial charge in [0.05, 0.1) is 25.8 Å². The molecule has 6 aliphatic rings. The Morgan fingerprint density at radius 2 is 1.30 bits per heavy atom. The molecule has 1 unspecified atom stereocenters. The predicted octanol–water partition coefficient (Wildman–Crippen LogP) is 0.116. The molecule has 2 aliphatic carbocycles. The van der Waals surface area contributed by atoms with Gasteiger partial charge in [-0.05, 0) is 126 Å². The third kappa shape index (κ3) is 25.6. The summed E-state index contributed by atoms with van der Waals surface area (Å²) in [5.74, 6) is 0.00827. The van der Waals surface area contributed by atoms with E-state index in [1.165, 1.54) is 4.90 Å². The number of nitrogens with one attached hydrogen (secondary N) is 11. The number of rotatable bonds is 34. The number of benzene rings is 1. The van der Waals surface area contributed by atoms with Crippen LogP contribution in [-0.2, 0) is 63.9 Å². The van der Waals surface area contributed by atoms with E-state index in [0.29, 0.717) is 101 Å². The first-order chi connectivity index (χ1) is 49.0. The molecule has 12 amide bonds. The smallest absolute Gasteiger partial charge is 0.407 e.